The van der Waals surface area contributed by atoms with E-state index in [-0.39, 0.29) is 17.4 Å². The molecule has 2 heterocycles. The van der Waals surface area contributed by atoms with Gasteiger partial charge in [-0.2, -0.15) is 0 Å². The molecule has 0 saturated carbocycles. The molecule has 2 aliphatic heterocycles. The van der Waals surface area contributed by atoms with Crippen molar-refractivity contribution in [1.29, 1.82) is 0 Å². The number of carbonyl (C=O) groups excluding carboxylic acids is 3. The van der Waals surface area contributed by atoms with Gasteiger partial charge in [-0.15, -0.1) is 0 Å². The Kier molecular flexibility index (Phi) is 5.95. The minimum atomic E-state index is -3.17. The van der Waals surface area contributed by atoms with Gasteiger partial charge < -0.3 is 10.2 Å². The molecule has 1 N–H and O–H groups in total. The number of amides is 4. The van der Waals surface area contributed by atoms with Gasteiger partial charge in [0.1, 0.15) is 12.1 Å². The number of urea groups is 1. The van der Waals surface area contributed by atoms with Gasteiger partial charge in [0.05, 0.1) is 11.5 Å². The van der Waals surface area contributed by atoms with Gasteiger partial charge in [0, 0.05) is 12.6 Å². The summed E-state index contributed by atoms with van der Waals surface area (Å²) in [5.41, 5.74) is 0.293. The van der Waals surface area contributed by atoms with Gasteiger partial charge in [0.2, 0.25) is 5.91 Å². The molecule has 3 rings (SSSR count). The highest BCUT2D eigenvalue weighted by Gasteiger charge is 2.50. The highest BCUT2D eigenvalue weighted by molar-refractivity contribution is 7.91. The third-order valence-corrected chi connectivity index (χ3v) is 7.53. The molecule has 0 radical (unpaired) electrons. The molecule has 4 amide bonds. The van der Waals surface area contributed by atoms with Crippen LogP contribution in [0, 0.1) is 12.8 Å². The second-order valence-electron chi connectivity index (χ2n) is 8.76. The Labute approximate surface area is 177 Å². The molecule has 2 fully saturated rings. The first-order valence-electron chi connectivity index (χ1n) is 10.1. The van der Waals surface area contributed by atoms with Crippen LogP contribution in [0.5, 0.6) is 0 Å². The number of hydrogen-bond acceptors (Lipinski definition) is 5. The Morgan fingerprint density at radius 3 is 2.53 bits per heavy atom. The molecule has 8 nitrogen and oxygen atoms in total. The lowest BCUT2D eigenvalue weighted by Gasteiger charge is -2.31. The van der Waals surface area contributed by atoms with Crippen LogP contribution in [0.1, 0.15) is 38.3 Å². The zero-order chi connectivity index (χ0) is 22.3. The van der Waals surface area contributed by atoms with Crippen LogP contribution in [0.2, 0.25) is 0 Å². The quantitative estimate of drug-likeness (QED) is 0.681. The van der Waals surface area contributed by atoms with Gasteiger partial charge in [0.15, 0.2) is 9.84 Å². The Bertz CT molecular complexity index is 975. The molecule has 2 unspecified atom stereocenters. The molecule has 1 aromatic carbocycles. The lowest BCUT2D eigenvalue weighted by Crippen LogP contribution is -2.49. The van der Waals surface area contributed by atoms with Crippen LogP contribution in [-0.4, -0.2) is 66.7 Å². The van der Waals surface area contributed by atoms with Crippen molar-refractivity contribution in [2.75, 3.05) is 24.6 Å². The first-order chi connectivity index (χ1) is 13.9. The molecular weight excluding hydrogens is 406 g/mol. The minimum Gasteiger partial charge on any atom is -0.337 e. The maximum atomic E-state index is 13.2. The number of nitrogens with zero attached hydrogens (tertiary/aromatic N) is 2. The summed E-state index contributed by atoms with van der Waals surface area (Å²) in [5.74, 6) is -0.805. The molecule has 30 heavy (non-hydrogen) atoms. The summed E-state index contributed by atoms with van der Waals surface area (Å²) >= 11 is 0. The van der Waals surface area contributed by atoms with Crippen LogP contribution in [-0.2, 0) is 25.0 Å². The van der Waals surface area contributed by atoms with Crippen molar-refractivity contribution in [3.8, 4) is 0 Å². The van der Waals surface area contributed by atoms with Crippen molar-refractivity contribution in [3.05, 3.63) is 35.4 Å². The van der Waals surface area contributed by atoms with Gasteiger partial charge in [-0.1, -0.05) is 38.1 Å². The number of imide groups is 1. The van der Waals surface area contributed by atoms with E-state index in [1.165, 1.54) is 4.90 Å². The predicted molar refractivity (Wildman–Crippen MR) is 112 cm³/mol. The van der Waals surface area contributed by atoms with E-state index >= 15 is 0 Å². The molecule has 2 atom stereocenters. The largest absolute Gasteiger partial charge is 0.337 e. The van der Waals surface area contributed by atoms with Crippen LogP contribution in [0.15, 0.2) is 24.3 Å². The molecule has 1 aromatic rings. The average molecular weight is 436 g/mol. The molecule has 9 heteroatoms. The van der Waals surface area contributed by atoms with Crippen LogP contribution >= 0.6 is 0 Å². The normalized spacial score (nSPS) is 25.6. The van der Waals surface area contributed by atoms with Gasteiger partial charge in [0.25, 0.3) is 5.91 Å². The molecule has 164 valence electrons. The number of nitrogens with one attached hydrogen (secondary N) is 1. The predicted octanol–water partition coefficient (Wildman–Crippen LogP) is 1.43. The fraction of sp³-hybridized carbons (Fsp3) is 0.571. The monoisotopic (exact) mass is 435 g/mol. The number of rotatable bonds is 6. The third-order valence-electron chi connectivity index (χ3n) is 5.78. The Morgan fingerprint density at radius 2 is 1.97 bits per heavy atom. The summed E-state index contributed by atoms with van der Waals surface area (Å²) in [5, 5.41) is 2.73. The van der Waals surface area contributed by atoms with E-state index < -0.39 is 45.8 Å². The first kappa shape index (κ1) is 22.3. The lowest BCUT2D eigenvalue weighted by molar-refractivity contribution is -0.140. The van der Waals surface area contributed by atoms with Crippen molar-refractivity contribution >= 4 is 27.7 Å². The second kappa shape index (κ2) is 8.02. The third kappa shape index (κ3) is 4.21. The molecule has 0 spiro atoms. The summed E-state index contributed by atoms with van der Waals surface area (Å²) < 4.78 is 23.8. The Balaban J connectivity index is 1.82. The van der Waals surface area contributed by atoms with Gasteiger partial charge in [-0.25, -0.2) is 13.2 Å². The van der Waals surface area contributed by atoms with Crippen molar-refractivity contribution in [3.63, 3.8) is 0 Å². The fourth-order valence-corrected chi connectivity index (χ4v) is 5.98. The van der Waals surface area contributed by atoms with E-state index in [9.17, 15) is 22.8 Å². The fourth-order valence-electron chi connectivity index (χ4n) is 4.25. The van der Waals surface area contributed by atoms with Crippen molar-refractivity contribution in [1.82, 2.24) is 15.1 Å². The first-order valence-corrected chi connectivity index (χ1v) is 12.0. The topological polar surface area (TPSA) is 104 Å². The van der Waals surface area contributed by atoms with E-state index in [0.29, 0.717) is 18.5 Å². The van der Waals surface area contributed by atoms with E-state index in [0.717, 1.165) is 10.5 Å². The summed E-state index contributed by atoms with van der Waals surface area (Å²) in [6, 6.07) is 6.25. The molecular formula is C21H29N3O5S. The van der Waals surface area contributed by atoms with E-state index in [1.54, 1.807) is 19.1 Å². The number of aryl methyl sites for hydroxylation is 1. The lowest BCUT2D eigenvalue weighted by atomic mass is 9.88. The van der Waals surface area contributed by atoms with Crippen molar-refractivity contribution in [2.45, 2.75) is 45.7 Å². The van der Waals surface area contributed by atoms with Crippen LogP contribution < -0.4 is 5.32 Å². The maximum Gasteiger partial charge on any atom is 0.325 e. The maximum absolute atomic E-state index is 13.2. The van der Waals surface area contributed by atoms with Gasteiger partial charge >= 0.3 is 6.03 Å². The smallest absolute Gasteiger partial charge is 0.325 e. The van der Waals surface area contributed by atoms with E-state index in [4.69, 9.17) is 0 Å². The number of sulfone groups is 1. The molecule has 0 aromatic heterocycles. The summed E-state index contributed by atoms with van der Waals surface area (Å²) in [7, 11) is -3.17. The Morgan fingerprint density at radius 1 is 1.30 bits per heavy atom. The van der Waals surface area contributed by atoms with Crippen molar-refractivity contribution in [2.24, 2.45) is 5.92 Å². The number of benzene rings is 1. The minimum absolute atomic E-state index is 0.0496. The summed E-state index contributed by atoms with van der Waals surface area (Å²) in [4.78, 5) is 41.3. The molecule has 0 bridgehead atoms. The zero-order valence-corrected chi connectivity index (χ0v) is 18.7. The van der Waals surface area contributed by atoms with E-state index in [2.05, 4.69) is 5.32 Å². The SMILES string of the molecule is Cc1ccccc1C1(C)NC(=O)N(CC(=O)N(CC(C)C)C2CCS(=O)(=O)C2)C1=O. The highest BCUT2D eigenvalue weighted by atomic mass is 32.2. The van der Waals surface area contributed by atoms with Crippen LogP contribution in [0.3, 0.4) is 0 Å². The van der Waals surface area contributed by atoms with E-state index in [1.807, 2.05) is 32.9 Å². The standard InChI is InChI=1S/C21H29N3O5S/c1-14(2)11-23(16-9-10-30(28,29)13-16)18(25)12-24-19(26)21(4,22-20(24)27)17-8-6-5-7-15(17)3/h5-8,14,16H,9-13H2,1-4H3,(H,22,27). The Hall–Kier alpha value is -2.42. The van der Waals surface area contributed by atoms with Crippen LogP contribution in [0.4, 0.5) is 4.79 Å². The molecule has 2 aliphatic rings. The zero-order valence-electron chi connectivity index (χ0n) is 17.8. The van der Waals surface area contributed by atoms with Gasteiger partial charge in [-0.05, 0) is 37.3 Å². The van der Waals surface area contributed by atoms with Crippen molar-refractivity contribution < 1.29 is 22.8 Å². The second-order valence-corrected chi connectivity index (χ2v) is 11.0. The number of hydrogen-bond donors (Lipinski definition) is 1. The number of carbonyl (C=O) groups is 3. The summed E-state index contributed by atoms with van der Waals surface area (Å²) in [6.07, 6.45) is 0.377. The molecule has 0 aliphatic carbocycles. The molecule has 2 saturated heterocycles. The highest BCUT2D eigenvalue weighted by Crippen LogP contribution is 2.31. The van der Waals surface area contributed by atoms with Crippen LogP contribution in [0.25, 0.3) is 0 Å². The van der Waals surface area contributed by atoms with Gasteiger partial charge in [-0.3, -0.25) is 14.5 Å². The summed E-state index contributed by atoms with van der Waals surface area (Å²) in [6.45, 7) is 7.33. The average Bonchev–Trinajstić information content (AvgIpc) is 3.11.